The largest absolute Gasteiger partial charge is 0.249 e. The second-order valence-corrected chi connectivity index (χ2v) is 5.73. The Balaban J connectivity index is 2.52. The summed E-state index contributed by atoms with van der Waals surface area (Å²) in [5, 5.41) is 0. The van der Waals surface area contributed by atoms with Crippen LogP contribution in [0.4, 0.5) is 0 Å². The van der Waals surface area contributed by atoms with Crippen LogP contribution in [0.1, 0.15) is 16.7 Å². The first kappa shape index (κ1) is 12.1. The van der Waals surface area contributed by atoms with E-state index in [9.17, 15) is 4.21 Å². The molecule has 2 rings (SSSR count). The quantitative estimate of drug-likeness (QED) is 0.785. The number of hydrogen-bond donors (Lipinski definition) is 0. The molecule has 0 aliphatic carbocycles. The fourth-order valence-electron chi connectivity index (χ4n) is 2.12. The first-order chi connectivity index (χ1) is 8.09. The van der Waals surface area contributed by atoms with Crippen LogP contribution in [0.3, 0.4) is 0 Å². The fourth-order valence-corrected chi connectivity index (χ4v) is 3.46. The van der Waals surface area contributed by atoms with Gasteiger partial charge in [0.25, 0.3) is 0 Å². The average molecular weight is 244 g/mol. The Morgan fingerprint density at radius 2 is 1.41 bits per heavy atom. The number of rotatable bonds is 2. The van der Waals surface area contributed by atoms with E-state index in [4.69, 9.17) is 0 Å². The Morgan fingerprint density at radius 3 is 1.94 bits per heavy atom. The summed E-state index contributed by atoms with van der Waals surface area (Å²) in [4.78, 5) is 1.81. The van der Waals surface area contributed by atoms with E-state index in [2.05, 4.69) is 19.1 Å². The minimum atomic E-state index is -1.08. The van der Waals surface area contributed by atoms with Gasteiger partial charge in [0.05, 0.1) is 10.8 Å². The maximum absolute atomic E-state index is 12.5. The van der Waals surface area contributed by atoms with Gasteiger partial charge in [-0.3, -0.25) is 0 Å². The molecule has 0 aliphatic rings. The van der Waals surface area contributed by atoms with E-state index in [-0.39, 0.29) is 0 Å². The molecule has 1 nitrogen and oxygen atoms in total. The summed E-state index contributed by atoms with van der Waals surface area (Å²) in [5.74, 6) is 0. The number of benzene rings is 2. The van der Waals surface area contributed by atoms with Crippen molar-refractivity contribution < 1.29 is 4.21 Å². The van der Waals surface area contributed by atoms with Crippen LogP contribution in [0.5, 0.6) is 0 Å². The van der Waals surface area contributed by atoms with E-state index in [1.807, 2.05) is 44.2 Å². The minimum Gasteiger partial charge on any atom is -0.249 e. The molecule has 0 amide bonds. The van der Waals surface area contributed by atoms with Gasteiger partial charge < -0.3 is 0 Å². The maximum Gasteiger partial charge on any atom is 0.0854 e. The zero-order valence-corrected chi connectivity index (χ0v) is 11.2. The predicted octanol–water partition coefficient (Wildman–Crippen LogP) is 3.78. The number of aryl methyl sites for hydroxylation is 3. The van der Waals surface area contributed by atoms with Crippen molar-refractivity contribution in [2.24, 2.45) is 0 Å². The molecular formula is C15H16OS. The third-order valence-corrected chi connectivity index (χ3v) is 4.46. The molecule has 0 heterocycles. The smallest absolute Gasteiger partial charge is 0.0854 e. The second-order valence-electron chi connectivity index (χ2n) is 4.31. The molecule has 17 heavy (non-hydrogen) atoms. The Kier molecular flexibility index (Phi) is 3.43. The molecule has 88 valence electrons. The molecule has 1 atom stereocenters. The Bertz CT molecular complexity index is 535. The van der Waals surface area contributed by atoms with Crippen molar-refractivity contribution in [3.63, 3.8) is 0 Å². The molecule has 2 aromatic rings. The van der Waals surface area contributed by atoms with Crippen LogP contribution in [0.2, 0.25) is 0 Å². The lowest BCUT2D eigenvalue weighted by Crippen LogP contribution is -1.99. The van der Waals surface area contributed by atoms with Crippen LogP contribution >= 0.6 is 0 Å². The van der Waals surface area contributed by atoms with Crippen molar-refractivity contribution in [3.8, 4) is 0 Å². The standard InChI is InChI=1S/C15H16OS/c1-11-9-12(2)15(13(3)10-11)17(16)14-7-5-4-6-8-14/h4-10H,1-3H3/t17-/m0/s1. The van der Waals surface area contributed by atoms with Crippen LogP contribution in [0, 0.1) is 20.8 Å². The Hall–Kier alpha value is -1.41. The molecule has 0 saturated carbocycles. The third-order valence-electron chi connectivity index (χ3n) is 2.75. The second kappa shape index (κ2) is 4.84. The molecule has 0 radical (unpaired) electrons. The zero-order chi connectivity index (χ0) is 12.4. The molecule has 0 unspecified atom stereocenters. The Labute approximate surface area is 105 Å². The van der Waals surface area contributed by atoms with Crippen LogP contribution in [0.15, 0.2) is 52.3 Å². The third kappa shape index (κ3) is 2.47. The van der Waals surface area contributed by atoms with Gasteiger partial charge in [0.15, 0.2) is 0 Å². The normalized spacial score (nSPS) is 12.4. The summed E-state index contributed by atoms with van der Waals surface area (Å²) in [5.41, 5.74) is 3.42. The maximum atomic E-state index is 12.5. The molecule has 0 aliphatic heterocycles. The topological polar surface area (TPSA) is 17.1 Å². The highest BCUT2D eigenvalue weighted by atomic mass is 32.2. The van der Waals surface area contributed by atoms with E-state index in [1.54, 1.807) is 0 Å². The van der Waals surface area contributed by atoms with Crippen molar-refractivity contribution in [1.29, 1.82) is 0 Å². The van der Waals surface area contributed by atoms with Crippen molar-refractivity contribution in [2.45, 2.75) is 30.6 Å². The van der Waals surface area contributed by atoms with E-state index in [0.29, 0.717) is 0 Å². The summed E-state index contributed by atoms with van der Waals surface area (Å²) in [6, 6.07) is 13.8. The van der Waals surface area contributed by atoms with Gasteiger partial charge in [0.1, 0.15) is 0 Å². The van der Waals surface area contributed by atoms with Gasteiger partial charge in [-0.2, -0.15) is 0 Å². The van der Waals surface area contributed by atoms with Gasteiger partial charge in [-0.05, 0) is 44.0 Å². The van der Waals surface area contributed by atoms with Crippen LogP contribution in [-0.2, 0) is 10.8 Å². The highest BCUT2D eigenvalue weighted by molar-refractivity contribution is 7.85. The zero-order valence-electron chi connectivity index (χ0n) is 10.4. The molecule has 2 heteroatoms. The highest BCUT2D eigenvalue weighted by Gasteiger charge is 2.12. The SMILES string of the molecule is Cc1cc(C)c([S@@](=O)c2ccccc2)c(C)c1. The molecule has 0 spiro atoms. The van der Waals surface area contributed by atoms with Crippen molar-refractivity contribution >= 4 is 10.8 Å². The first-order valence-corrected chi connectivity index (χ1v) is 6.79. The molecular weight excluding hydrogens is 228 g/mol. The monoisotopic (exact) mass is 244 g/mol. The number of hydrogen-bond acceptors (Lipinski definition) is 1. The highest BCUT2D eigenvalue weighted by Crippen LogP contribution is 2.24. The molecule has 0 fully saturated rings. The van der Waals surface area contributed by atoms with Gasteiger partial charge in [0.2, 0.25) is 0 Å². The van der Waals surface area contributed by atoms with Gasteiger partial charge in [0, 0.05) is 9.79 Å². The molecule has 0 saturated heterocycles. The predicted molar refractivity (Wildman–Crippen MR) is 71.8 cm³/mol. The van der Waals surface area contributed by atoms with E-state index < -0.39 is 10.8 Å². The lowest BCUT2D eigenvalue weighted by molar-refractivity contribution is 0.682. The van der Waals surface area contributed by atoms with Crippen molar-refractivity contribution in [3.05, 3.63) is 59.2 Å². The summed E-state index contributed by atoms with van der Waals surface area (Å²) in [6.07, 6.45) is 0. The van der Waals surface area contributed by atoms with Crippen LogP contribution < -0.4 is 0 Å². The molecule has 0 N–H and O–H groups in total. The summed E-state index contributed by atoms with van der Waals surface area (Å²) in [6.45, 7) is 6.11. The summed E-state index contributed by atoms with van der Waals surface area (Å²) >= 11 is 0. The first-order valence-electron chi connectivity index (χ1n) is 5.64. The van der Waals surface area contributed by atoms with Crippen LogP contribution in [-0.4, -0.2) is 4.21 Å². The lowest BCUT2D eigenvalue weighted by Gasteiger charge is -2.10. The van der Waals surface area contributed by atoms with Gasteiger partial charge in [-0.25, -0.2) is 4.21 Å². The van der Waals surface area contributed by atoms with Crippen LogP contribution in [0.25, 0.3) is 0 Å². The summed E-state index contributed by atoms with van der Waals surface area (Å²) < 4.78 is 12.5. The van der Waals surface area contributed by atoms with E-state index in [0.717, 1.165) is 20.9 Å². The lowest BCUT2D eigenvalue weighted by atomic mass is 10.1. The van der Waals surface area contributed by atoms with Crippen molar-refractivity contribution in [2.75, 3.05) is 0 Å². The van der Waals surface area contributed by atoms with E-state index >= 15 is 0 Å². The molecule has 0 aromatic heterocycles. The van der Waals surface area contributed by atoms with Gasteiger partial charge >= 0.3 is 0 Å². The molecule has 0 bridgehead atoms. The van der Waals surface area contributed by atoms with E-state index in [1.165, 1.54) is 5.56 Å². The summed E-state index contributed by atoms with van der Waals surface area (Å²) in [7, 11) is -1.08. The molecule has 2 aromatic carbocycles. The Morgan fingerprint density at radius 1 is 0.882 bits per heavy atom. The van der Waals surface area contributed by atoms with Gasteiger partial charge in [-0.1, -0.05) is 35.9 Å². The average Bonchev–Trinajstić information content (AvgIpc) is 2.28. The fraction of sp³-hybridized carbons (Fsp3) is 0.200. The van der Waals surface area contributed by atoms with Gasteiger partial charge in [-0.15, -0.1) is 0 Å². The minimum absolute atomic E-state index is 0.863. The van der Waals surface area contributed by atoms with Crippen molar-refractivity contribution in [1.82, 2.24) is 0 Å².